The van der Waals surface area contributed by atoms with Gasteiger partial charge in [-0.3, -0.25) is 0 Å². The molecule has 0 radical (unpaired) electrons. The molecule has 0 heteroatoms. The van der Waals surface area contributed by atoms with Gasteiger partial charge in [0.2, 0.25) is 0 Å². The molecule has 0 aromatic heterocycles. The Morgan fingerprint density at radius 2 is 2.08 bits per heavy atom. The molecule has 4 unspecified atom stereocenters. The van der Waals surface area contributed by atoms with Gasteiger partial charge in [-0.2, -0.15) is 0 Å². The smallest absolute Gasteiger partial charge is 0.0263 e. The van der Waals surface area contributed by atoms with E-state index in [0.717, 1.165) is 5.41 Å². The third-order valence-corrected chi connectivity index (χ3v) is 5.43. The highest BCUT2D eigenvalue weighted by Gasteiger charge is 2.61. The summed E-state index contributed by atoms with van der Waals surface area (Å²) >= 11 is 0. The van der Waals surface area contributed by atoms with Gasteiger partial charge < -0.3 is 0 Å². The van der Waals surface area contributed by atoms with E-state index in [0.29, 0.717) is 0 Å². The molecule has 3 saturated carbocycles. The van der Waals surface area contributed by atoms with Crippen LogP contribution in [-0.2, 0) is 0 Å². The molecule has 0 aromatic rings. The van der Waals surface area contributed by atoms with Crippen molar-refractivity contribution in [1.82, 2.24) is 0 Å². The SMILES string of the molecule is CCCCC1C2CCC3(CCC13)C2. The lowest BCUT2D eigenvalue weighted by atomic mass is 9.56. The van der Waals surface area contributed by atoms with Crippen LogP contribution in [0.5, 0.6) is 0 Å². The molecular weight excluding hydrogens is 156 g/mol. The van der Waals surface area contributed by atoms with Crippen LogP contribution in [0.15, 0.2) is 0 Å². The summed E-state index contributed by atoms with van der Waals surface area (Å²) in [6.45, 7) is 2.34. The molecule has 4 atom stereocenters. The van der Waals surface area contributed by atoms with Gasteiger partial charge in [0.1, 0.15) is 0 Å². The largest absolute Gasteiger partial charge is 0.0654 e. The zero-order chi connectivity index (χ0) is 8.89. The van der Waals surface area contributed by atoms with Crippen LogP contribution in [0.1, 0.15) is 58.3 Å². The van der Waals surface area contributed by atoms with E-state index >= 15 is 0 Å². The summed E-state index contributed by atoms with van der Waals surface area (Å²) in [5.74, 6) is 3.53. The fourth-order valence-electron chi connectivity index (χ4n) is 4.72. The fourth-order valence-corrected chi connectivity index (χ4v) is 4.72. The summed E-state index contributed by atoms with van der Waals surface area (Å²) in [5, 5.41) is 0. The summed E-state index contributed by atoms with van der Waals surface area (Å²) in [6, 6.07) is 0. The van der Waals surface area contributed by atoms with Gasteiger partial charge in [-0.05, 0) is 61.7 Å². The molecule has 3 rings (SSSR count). The highest BCUT2D eigenvalue weighted by molar-refractivity contribution is 5.11. The molecule has 2 bridgehead atoms. The van der Waals surface area contributed by atoms with E-state index < -0.39 is 0 Å². The zero-order valence-electron chi connectivity index (χ0n) is 8.89. The van der Waals surface area contributed by atoms with Crippen molar-refractivity contribution in [3.05, 3.63) is 0 Å². The van der Waals surface area contributed by atoms with Crippen molar-refractivity contribution < 1.29 is 0 Å². The Morgan fingerprint density at radius 1 is 1.23 bits per heavy atom. The van der Waals surface area contributed by atoms with Gasteiger partial charge in [0.25, 0.3) is 0 Å². The van der Waals surface area contributed by atoms with Crippen LogP contribution in [-0.4, -0.2) is 0 Å². The highest BCUT2D eigenvalue weighted by Crippen LogP contribution is 2.70. The summed E-state index contributed by atoms with van der Waals surface area (Å²) in [5.41, 5.74) is 0.920. The van der Waals surface area contributed by atoms with E-state index in [2.05, 4.69) is 6.92 Å². The van der Waals surface area contributed by atoms with Gasteiger partial charge in [-0.15, -0.1) is 0 Å². The molecule has 3 aliphatic carbocycles. The monoisotopic (exact) mass is 178 g/mol. The van der Waals surface area contributed by atoms with Crippen molar-refractivity contribution in [3.8, 4) is 0 Å². The molecule has 0 aliphatic heterocycles. The Kier molecular flexibility index (Phi) is 1.76. The van der Waals surface area contributed by atoms with E-state index in [4.69, 9.17) is 0 Å². The van der Waals surface area contributed by atoms with Crippen molar-refractivity contribution in [2.24, 2.45) is 23.2 Å². The third-order valence-electron chi connectivity index (χ3n) is 5.43. The minimum atomic E-state index is 0.920. The van der Waals surface area contributed by atoms with E-state index in [1.807, 2.05) is 0 Å². The van der Waals surface area contributed by atoms with Gasteiger partial charge in [0.15, 0.2) is 0 Å². The summed E-state index contributed by atoms with van der Waals surface area (Å²) in [4.78, 5) is 0. The first-order valence-electron chi connectivity index (χ1n) is 6.36. The number of unbranched alkanes of at least 4 members (excludes halogenated alkanes) is 1. The van der Waals surface area contributed by atoms with E-state index in [1.165, 1.54) is 30.6 Å². The summed E-state index contributed by atoms with van der Waals surface area (Å²) in [6.07, 6.45) is 12.5. The zero-order valence-corrected chi connectivity index (χ0v) is 8.89. The van der Waals surface area contributed by atoms with Crippen molar-refractivity contribution in [2.45, 2.75) is 58.3 Å². The highest BCUT2D eigenvalue weighted by atomic mass is 14.7. The topological polar surface area (TPSA) is 0 Å². The van der Waals surface area contributed by atoms with Crippen LogP contribution in [0, 0.1) is 23.2 Å². The van der Waals surface area contributed by atoms with Crippen LogP contribution in [0.25, 0.3) is 0 Å². The molecule has 0 aromatic carbocycles. The Hall–Kier alpha value is 0. The second-order valence-electron chi connectivity index (χ2n) is 5.82. The fraction of sp³-hybridized carbons (Fsp3) is 1.00. The van der Waals surface area contributed by atoms with Crippen molar-refractivity contribution >= 4 is 0 Å². The minimum absolute atomic E-state index is 0.920. The van der Waals surface area contributed by atoms with Crippen LogP contribution in [0.3, 0.4) is 0 Å². The van der Waals surface area contributed by atoms with Gasteiger partial charge >= 0.3 is 0 Å². The molecule has 0 heterocycles. The maximum absolute atomic E-state index is 2.34. The van der Waals surface area contributed by atoms with Crippen LogP contribution in [0.4, 0.5) is 0 Å². The van der Waals surface area contributed by atoms with E-state index in [1.54, 1.807) is 38.5 Å². The Labute approximate surface area is 82.1 Å². The van der Waals surface area contributed by atoms with Crippen molar-refractivity contribution in [3.63, 3.8) is 0 Å². The first-order chi connectivity index (χ1) is 6.36. The summed E-state index contributed by atoms with van der Waals surface area (Å²) < 4.78 is 0. The van der Waals surface area contributed by atoms with Crippen LogP contribution in [0.2, 0.25) is 0 Å². The molecule has 74 valence electrons. The third kappa shape index (κ3) is 0.980. The number of fused-ring (bicyclic) bond motifs is 1. The molecule has 3 fully saturated rings. The predicted molar refractivity (Wildman–Crippen MR) is 55.5 cm³/mol. The number of hydrogen-bond acceptors (Lipinski definition) is 0. The Morgan fingerprint density at radius 3 is 2.69 bits per heavy atom. The lowest BCUT2D eigenvalue weighted by molar-refractivity contribution is 0.0135. The average molecular weight is 178 g/mol. The minimum Gasteiger partial charge on any atom is -0.0654 e. The van der Waals surface area contributed by atoms with Crippen LogP contribution >= 0.6 is 0 Å². The Bertz CT molecular complexity index is 208. The van der Waals surface area contributed by atoms with E-state index in [9.17, 15) is 0 Å². The Balaban J connectivity index is 1.70. The molecule has 0 saturated heterocycles. The first kappa shape index (κ1) is 8.32. The lowest BCUT2D eigenvalue weighted by Crippen LogP contribution is -2.39. The number of hydrogen-bond donors (Lipinski definition) is 0. The molecule has 0 amide bonds. The second-order valence-corrected chi connectivity index (χ2v) is 5.82. The van der Waals surface area contributed by atoms with Crippen molar-refractivity contribution in [2.75, 3.05) is 0 Å². The summed E-state index contributed by atoms with van der Waals surface area (Å²) in [7, 11) is 0. The van der Waals surface area contributed by atoms with Gasteiger partial charge in [0, 0.05) is 0 Å². The van der Waals surface area contributed by atoms with Crippen LogP contribution < -0.4 is 0 Å². The predicted octanol–water partition coefficient (Wildman–Crippen LogP) is 4.00. The maximum atomic E-state index is 2.34. The second kappa shape index (κ2) is 2.74. The lowest BCUT2D eigenvalue weighted by Gasteiger charge is -2.48. The van der Waals surface area contributed by atoms with Gasteiger partial charge in [0.05, 0.1) is 0 Å². The first-order valence-corrected chi connectivity index (χ1v) is 6.36. The molecule has 13 heavy (non-hydrogen) atoms. The van der Waals surface area contributed by atoms with Gasteiger partial charge in [-0.1, -0.05) is 19.8 Å². The number of rotatable bonds is 3. The normalized spacial score (nSPS) is 51.9. The van der Waals surface area contributed by atoms with Gasteiger partial charge in [-0.25, -0.2) is 0 Å². The maximum Gasteiger partial charge on any atom is -0.0263 e. The molecule has 0 nitrogen and oxygen atoms in total. The standard InChI is InChI=1S/C13H22/c1-2-3-4-11-10-5-7-13(9-10)8-6-12(11)13/h10-12H,2-9H2,1H3. The van der Waals surface area contributed by atoms with Crippen molar-refractivity contribution in [1.29, 1.82) is 0 Å². The average Bonchev–Trinajstić information content (AvgIpc) is 2.62. The molecule has 0 N–H and O–H groups in total. The van der Waals surface area contributed by atoms with E-state index in [-0.39, 0.29) is 0 Å². The molecule has 1 spiro atoms. The quantitative estimate of drug-likeness (QED) is 0.612. The molecular formula is C13H22. The molecule has 3 aliphatic rings.